The van der Waals surface area contributed by atoms with Crippen LogP contribution in [-0.2, 0) is 6.42 Å². The van der Waals surface area contributed by atoms with Crippen molar-refractivity contribution in [1.82, 2.24) is 4.98 Å². The van der Waals surface area contributed by atoms with Crippen LogP contribution in [0.3, 0.4) is 0 Å². The van der Waals surface area contributed by atoms with Crippen LogP contribution in [0.2, 0.25) is 0 Å². The Morgan fingerprint density at radius 2 is 1.58 bits per heavy atom. The van der Waals surface area contributed by atoms with Crippen LogP contribution < -0.4 is 10.2 Å². The second kappa shape index (κ2) is 6.80. The molecule has 0 spiro atoms. The highest BCUT2D eigenvalue weighted by molar-refractivity contribution is 6.08. The van der Waals surface area contributed by atoms with Gasteiger partial charge in [0.15, 0.2) is 0 Å². The van der Waals surface area contributed by atoms with Gasteiger partial charge in [-0.2, -0.15) is 0 Å². The fourth-order valence-electron chi connectivity index (χ4n) is 3.08. The zero-order chi connectivity index (χ0) is 17.9. The number of fused-ring (bicyclic) bond motifs is 1. The number of carbonyl (C=O) groups is 2. The smallest absolute Gasteiger partial charge is 0.276 e. The predicted octanol–water partition coefficient (Wildman–Crippen LogP) is 3.54. The van der Waals surface area contributed by atoms with Gasteiger partial charge in [-0.1, -0.05) is 42.5 Å². The Balaban J connectivity index is 1.56. The number of pyridine rings is 1. The van der Waals surface area contributed by atoms with E-state index in [1.807, 2.05) is 42.5 Å². The minimum atomic E-state index is -0.340. The quantitative estimate of drug-likeness (QED) is 0.791. The SMILES string of the molecule is O=C(Nc1ccccc1)c1cccc(C(=O)N2CCc3ccccc32)n1. The van der Waals surface area contributed by atoms with E-state index in [1.54, 1.807) is 35.2 Å². The molecule has 0 saturated carbocycles. The van der Waals surface area contributed by atoms with E-state index < -0.39 is 0 Å². The van der Waals surface area contributed by atoms with E-state index in [0.717, 1.165) is 17.7 Å². The van der Waals surface area contributed by atoms with Crippen molar-refractivity contribution in [3.63, 3.8) is 0 Å². The molecule has 4 rings (SSSR count). The summed E-state index contributed by atoms with van der Waals surface area (Å²) in [5, 5.41) is 2.78. The van der Waals surface area contributed by atoms with E-state index in [4.69, 9.17) is 0 Å². The van der Waals surface area contributed by atoms with Gasteiger partial charge in [0.1, 0.15) is 11.4 Å². The number of hydrogen-bond acceptors (Lipinski definition) is 3. The van der Waals surface area contributed by atoms with Crippen LogP contribution in [0.5, 0.6) is 0 Å². The lowest BCUT2D eigenvalue weighted by molar-refractivity contribution is 0.0984. The Labute approximate surface area is 151 Å². The second-order valence-corrected chi connectivity index (χ2v) is 6.06. The monoisotopic (exact) mass is 343 g/mol. The number of rotatable bonds is 3. The highest BCUT2D eigenvalue weighted by Gasteiger charge is 2.26. The number of para-hydroxylation sites is 2. The van der Waals surface area contributed by atoms with E-state index in [0.29, 0.717) is 12.2 Å². The van der Waals surface area contributed by atoms with Gasteiger partial charge in [0, 0.05) is 17.9 Å². The lowest BCUT2D eigenvalue weighted by Gasteiger charge is -2.17. The summed E-state index contributed by atoms with van der Waals surface area (Å²) in [4.78, 5) is 31.3. The van der Waals surface area contributed by atoms with Crippen LogP contribution >= 0.6 is 0 Å². The molecule has 3 aromatic rings. The Kier molecular flexibility index (Phi) is 4.19. The molecule has 2 aromatic carbocycles. The number of aromatic nitrogens is 1. The normalized spacial score (nSPS) is 12.5. The van der Waals surface area contributed by atoms with E-state index in [2.05, 4.69) is 10.3 Å². The summed E-state index contributed by atoms with van der Waals surface area (Å²) in [6.07, 6.45) is 0.829. The Morgan fingerprint density at radius 3 is 2.42 bits per heavy atom. The number of nitrogens with one attached hydrogen (secondary N) is 1. The molecule has 2 heterocycles. The largest absolute Gasteiger partial charge is 0.321 e. The zero-order valence-electron chi connectivity index (χ0n) is 14.1. The molecule has 0 fully saturated rings. The molecular formula is C21H17N3O2. The van der Waals surface area contributed by atoms with E-state index in [-0.39, 0.29) is 23.2 Å². The number of nitrogens with zero attached hydrogens (tertiary/aromatic N) is 2. The average Bonchev–Trinajstić information content (AvgIpc) is 3.12. The van der Waals surface area contributed by atoms with Crippen LogP contribution in [0.15, 0.2) is 72.8 Å². The van der Waals surface area contributed by atoms with Crippen molar-refractivity contribution in [2.24, 2.45) is 0 Å². The third-order valence-electron chi connectivity index (χ3n) is 4.36. The third-order valence-corrected chi connectivity index (χ3v) is 4.36. The van der Waals surface area contributed by atoms with Crippen molar-refractivity contribution in [2.75, 3.05) is 16.8 Å². The minimum absolute atomic E-state index is 0.190. The zero-order valence-corrected chi connectivity index (χ0v) is 14.1. The number of hydrogen-bond donors (Lipinski definition) is 1. The molecule has 26 heavy (non-hydrogen) atoms. The molecule has 1 aliphatic rings. The van der Waals surface area contributed by atoms with Gasteiger partial charge in [0.25, 0.3) is 11.8 Å². The molecule has 5 nitrogen and oxygen atoms in total. The molecular weight excluding hydrogens is 326 g/mol. The minimum Gasteiger partial charge on any atom is -0.321 e. The van der Waals surface area contributed by atoms with Crippen molar-refractivity contribution >= 4 is 23.2 Å². The van der Waals surface area contributed by atoms with Crippen LogP contribution in [0.4, 0.5) is 11.4 Å². The van der Waals surface area contributed by atoms with Gasteiger partial charge in [-0.05, 0) is 42.3 Å². The maximum absolute atomic E-state index is 12.9. The van der Waals surface area contributed by atoms with Gasteiger partial charge in [-0.15, -0.1) is 0 Å². The first kappa shape index (κ1) is 16.0. The molecule has 0 bridgehead atoms. The maximum Gasteiger partial charge on any atom is 0.276 e. The Hall–Kier alpha value is -3.47. The summed E-state index contributed by atoms with van der Waals surface area (Å²) >= 11 is 0. The third kappa shape index (κ3) is 3.07. The molecule has 0 saturated heterocycles. The van der Waals surface area contributed by atoms with Crippen molar-refractivity contribution in [2.45, 2.75) is 6.42 Å². The molecule has 5 heteroatoms. The van der Waals surface area contributed by atoms with Crippen molar-refractivity contribution in [3.8, 4) is 0 Å². The number of amides is 2. The highest BCUT2D eigenvalue weighted by Crippen LogP contribution is 2.28. The highest BCUT2D eigenvalue weighted by atomic mass is 16.2. The van der Waals surface area contributed by atoms with Crippen molar-refractivity contribution in [3.05, 3.63) is 89.7 Å². The van der Waals surface area contributed by atoms with Gasteiger partial charge in [0.2, 0.25) is 0 Å². The van der Waals surface area contributed by atoms with Crippen molar-refractivity contribution < 1.29 is 9.59 Å². The molecule has 1 N–H and O–H groups in total. The van der Waals surface area contributed by atoms with Crippen LogP contribution in [0.1, 0.15) is 26.5 Å². The second-order valence-electron chi connectivity index (χ2n) is 6.06. The fourth-order valence-corrected chi connectivity index (χ4v) is 3.08. The van der Waals surface area contributed by atoms with Gasteiger partial charge in [-0.3, -0.25) is 9.59 Å². The van der Waals surface area contributed by atoms with Gasteiger partial charge < -0.3 is 10.2 Å². The fraction of sp³-hybridized carbons (Fsp3) is 0.0952. The number of benzene rings is 2. The molecule has 0 atom stereocenters. The summed E-state index contributed by atoms with van der Waals surface area (Å²) in [5.41, 5.74) is 3.23. The van der Waals surface area contributed by atoms with Crippen LogP contribution in [0, 0.1) is 0 Å². The van der Waals surface area contributed by atoms with Crippen LogP contribution in [0.25, 0.3) is 0 Å². The summed E-state index contributed by atoms with van der Waals surface area (Å²) in [5.74, 6) is -0.531. The molecule has 128 valence electrons. The number of anilines is 2. The molecule has 0 radical (unpaired) electrons. The van der Waals surface area contributed by atoms with E-state index in [9.17, 15) is 9.59 Å². The lowest BCUT2D eigenvalue weighted by Crippen LogP contribution is -2.30. The lowest BCUT2D eigenvalue weighted by atomic mass is 10.2. The van der Waals surface area contributed by atoms with Crippen LogP contribution in [-0.4, -0.2) is 23.3 Å². The molecule has 1 aliphatic heterocycles. The van der Waals surface area contributed by atoms with E-state index >= 15 is 0 Å². The van der Waals surface area contributed by atoms with E-state index in [1.165, 1.54) is 0 Å². The summed E-state index contributed by atoms with van der Waals surface area (Å²) in [6.45, 7) is 0.625. The average molecular weight is 343 g/mol. The molecule has 1 aromatic heterocycles. The first-order chi connectivity index (χ1) is 12.7. The topological polar surface area (TPSA) is 62.3 Å². The van der Waals surface area contributed by atoms with Gasteiger partial charge >= 0.3 is 0 Å². The number of carbonyl (C=O) groups excluding carboxylic acids is 2. The summed E-state index contributed by atoms with van der Waals surface area (Å²) < 4.78 is 0. The molecule has 2 amide bonds. The Bertz CT molecular complexity index is 970. The Morgan fingerprint density at radius 1 is 0.846 bits per heavy atom. The standard InChI is InChI=1S/C21H17N3O2/c25-20(22-16-8-2-1-3-9-16)17-10-6-11-18(23-17)21(26)24-14-13-15-7-4-5-12-19(15)24/h1-12H,13-14H2,(H,22,25). The van der Waals surface area contributed by atoms with Crippen molar-refractivity contribution in [1.29, 1.82) is 0 Å². The predicted molar refractivity (Wildman–Crippen MR) is 100 cm³/mol. The van der Waals surface area contributed by atoms with Gasteiger partial charge in [0.05, 0.1) is 0 Å². The first-order valence-corrected chi connectivity index (χ1v) is 8.45. The maximum atomic E-state index is 12.9. The molecule has 0 aliphatic carbocycles. The molecule has 0 unspecified atom stereocenters. The summed E-state index contributed by atoms with van der Waals surface area (Å²) in [7, 11) is 0. The van der Waals surface area contributed by atoms with Gasteiger partial charge in [-0.25, -0.2) is 4.98 Å². The first-order valence-electron chi connectivity index (χ1n) is 8.45. The summed E-state index contributed by atoms with van der Waals surface area (Å²) in [6, 6.07) is 21.9.